The minimum atomic E-state index is -4.17. The lowest BCUT2D eigenvalue weighted by molar-refractivity contribution is 0.483. The molecule has 0 bridgehead atoms. The molecule has 0 aromatic heterocycles. The van der Waals surface area contributed by atoms with Gasteiger partial charge in [0.1, 0.15) is 0 Å². The second-order valence-corrected chi connectivity index (χ2v) is 6.61. The van der Waals surface area contributed by atoms with Gasteiger partial charge in [-0.25, -0.2) is 0 Å². The molecule has 4 nitrogen and oxygen atoms in total. The molecule has 0 spiro atoms. The zero-order chi connectivity index (χ0) is 15.7. The molecule has 0 saturated heterocycles. The molecule has 3 aromatic carbocycles. The van der Waals surface area contributed by atoms with Crippen molar-refractivity contribution < 1.29 is 13.0 Å². The number of hydrogen-bond donors (Lipinski definition) is 2. The number of anilines is 2. The van der Waals surface area contributed by atoms with Crippen molar-refractivity contribution in [2.75, 3.05) is 5.32 Å². The first-order chi connectivity index (χ1) is 10.4. The summed E-state index contributed by atoms with van der Waals surface area (Å²) in [6.45, 7) is 2.03. The van der Waals surface area contributed by atoms with E-state index in [0.29, 0.717) is 0 Å². The molecule has 0 aliphatic rings. The van der Waals surface area contributed by atoms with Crippen LogP contribution in [-0.4, -0.2) is 13.0 Å². The van der Waals surface area contributed by atoms with Gasteiger partial charge in [-0.2, -0.15) is 8.42 Å². The third kappa shape index (κ3) is 3.10. The fourth-order valence-corrected chi connectivity index (χ4v) is 2.87. The third-order valence-electron chi connectivity index (χ3n) is 3.42. The Bertz CT molecular complexity index is 949. The number of fused-ring (bicyclic) bond motifs is 1. The van der Waals surface area contributed by atoms with Gasteiger partial charge in [0.25, 0.3) is 10.1 Å². The Labute approximate surface area is 129 Å². The minimum absolute atomic E-state index is 0.0978. The molecule has 3 rings (SSSR count). The third-order valence-corrected chi connectivity index (χ3v) is 4.27. The summed E-state index contributed by atoms with van der Waals surface area (Å²) < 4.78 is 31.4. The molecule has 22 heavy (non-hydrogen) atoms. The van der Waals surface area contributed by atoms with Gasteiger partial charge in [-0.15, -0.1) is 0 Å². The van der Waals surface area contributed by atoms with Gasteiger partial charge in [0.15, 0.2) is 0 Å². The van der Waals surface area contributed by atoms with Crippen LogP contribution < -0.4 is 5.32 Å². The highest BCUT2D eigenvalue weighted by molar-refractivity contribution is 7.85. The Morgan fingerprint density at radius 1 is 0.864 bits per heavy atom. The van der Waals surface area contributed by atoms with E-state index in [0.717, 1.165) is 22.1 Å². The maximum Gasteiger partial charge on any atom is 0.294 e. The summed E-state index contributed by atoms with van der Waals surface area (Å²) in [6.07, 6.45) is 0. The summed E-state index contributed by atoms with van der Waals surface area (Å²) in [6, 6.07) is 18.2. The number of rotatable bonds is 3. The molecule has 0 fully saturated rings. The van der Waals surface area contributed by atoms with Crippen molar-refractivity contribution >= 4 is 32.3 Å². The van der Waals surface area contributed by atoms with E-state index in [1.165, 1.54) is 17.7 Å². The van der Waals surface area contributed by atoms with Crippen molar-refractivity contribution in [2.45, 2.75) is 11.8 Å². The van der Waals surface area contributed by atoms with Crippen LogP contribution in [0.15, 0.2) is 65.6 Å². The fourth-order valence-electron chi connectivity index (χ4n) is 2.35. The number of aryl methyl sites for hydroxylation is 1. The highest BCUT2D eigenvalue weighted by atomic mass is 32.2. The van der Waals surface area contributed by atoms with Gasteiger partial charge in [-0.3, -0.25) is 4.55 Å². The molecule has 0 unspecified atom stereocenters. The first kappa shape index (κ1) is 14.6. The highest BCUT2D eigenvalue weighted by Crippen LogP contribution is 2.25. The molecular weight excluding hydrogens is 298 g/mol. The van der Waals surface area contributed by atoms with E-state index in [4.69, 9.17) is 4.55 Å². The van der Waals surface area contributed by atoms with Crippen molar-refractivity contribution in [3.8, 4) is 0 Å². The Balaban J connectivity index is 1.97. The second-order valence-electron chi connectivity index (χ2n) is 5.19. The maximum absolute atomic E-state index is 11.2. The SMILES string of the molecule is Cc1cccc(Nc2ccc3cc(S(=O)(=O)O)ccc3c2)c1. The quantitative estimate of drug-likeness (QED) is 0.713. The van der Waals surface area contributed by atoms with Gasteiger partial charge in [-0.1, -0.05) is 24.3 Å². The fraction of sp³-hybridized carbons (Fsp3) is 0.0588. The maximum atomic E-state index is 11.2. The second kappa shape index (κ2) is 5.44. The molecule has 112 valence electrons. The number of benzene rings is 3. The van der Waals surface area contributed by atoms with Crippen LogP contribution in [0.4, 0.5) is 11.4 Å². The topological polar surface area (TPSA) is 66.4 Å². The Morgan fingerprint density at radius 3 is 2.27 bits per heavy atom. The van der Waals surface area contributed by atoms with Crippen LogP contribution in [0, 0.1) is 6.92 Å². The van der Waals surface area contributed by atoms with E-state index >= 15 is 0 Å². The molecule has 2 N–H and O–H groups in total. The van der Waals surface area contributed by atoms with Crippen molar-refractivity contribution in [1.29, 1.82) is 0 Å². The normalized spacial score (nSPS) is 11.5. The lowest BCUT2D eigenvalue weighted by Gasteiger charge is -2.09. The molecule has 0 heterocycles. The molecule has 5 heteroatoms. The smallest absolute Gasteiger partial charge is 0.294 e. The van der Waals surface area contributed by atoms with Gasteiger partial charge >= 0.3 is 0 Å². The Kier molecular flexibility index (Phi) is 3.60. The standard InChI is InChI=1S/C17H15NO3S/c1-12-3-2-4-15(9-12)18-16-7-5-14-11-17(22(19,20)21)8-6-13(14)10-16/h2-11,18H,1H3,(H,19,20,21). The lowest BCUT2D eigenvalue weighted by atomic mass is 10.1. The van der Waals surface area contributed by atoms with Gasteiger partial charge in [0.05, 0.1) is 4.90 Å². The zero-order valence-electron chi connectivity index (χ0n) is 11.9. The van der Waals surface area contributed by atoms with Crippen LogP contribution in [-0.2, 0) is 10.1 Å². The van der Waals surface area contributed by atoms with Crippen LogP contribution in [0.1, 0.15) is 5.56 Å². The molecule has 3 aromatic rings. The average Bonchev–Trinajstić information content (AvgIpc) is 2.45. The summed E-state index contributed by atoms with van der Waals surface area (Å²) in [5.74, 6) is 0. The van der Waals surface area contributed by atoms with Crippen molar-refractivity contribution in [3.05, 3.63) is 66.2 Å². The van der Waals surface area contributed by atoms with Crippen molar-refractivity contribution in [3.63, 3.8) is 0 Å². The van der Waals surface area contributed by atoms with E-state index < -0.39 is 10.1 Å². The van der Waals surface area contributed by atoms with Gasteiger partial charge in [-0.05, 0) is 59.7 Å². The lowest BCUT2D eigenvalue weighted by Crippen LogP contribution is -1.97. The van der Waals surface area contributed by atoms with Crippen LogP contribution in [0.5, 0.6) is 0 Å². The summed E-state index contributed by atoms with van der Waals surface area (Å²) in [7, 11) is -4.17. The zero-order valence-corrected chi connectivity index (χ0v) is 12.8. The first-order valence-corrected chi connectivity index (χ1v) is 8.21. The molecule has 0 radical (unpaired) electrons. The van der Waals surface area contributed by atoms with Crippen LogP contribution >= 0.6 is 0 Å². The van der Waals surface area contributed by atoms with Crippen LogP contribution in [0.2, 0.25) is 0 Å². The van der Waals surface area contributed by atoms with E-state index in [1.807, 2.05) is 49.4 Å². The highest BCUT2D eigenvalue weighted by Gasteiger charge is 2.09. The summed E-state index contributed by atoms with van der Waals surface area (Å²) in [5.41, 5.74) is 3.08. The summed E-state index contributed by atoms with van der Waals surface area (Å²) >= 11 is 0. The number of nitrogens with one attached hydrogen (secondary N) is 1. The van der Waals surface area contributed by atoms with E-state index in [-0.39, 0.29) is 4.90 Å². The van der Waals surface area contributed by atoms with Crippen molar-refractivity contribution in [2.24, 2.45) is 0 Å². The van der Waals surface area contributed by atoms with Crippen molar-refractivity contribution in [1.82, 2.24) is 0 Å². The molecular formula is C17H15NO3S. The molecule has 0 aliphatic carbocycles. The Hall–Kier alpha value is -2.37. The van der Waals surface area contributed by atoms with E-state index in [1.54, 1.807) is 6.07 Å². The first-order valence-electron chi connectivity index (χ1n) is 6.77. The largest absolute Gasteiger partial charge is 0.356 e. The van der Waals surface area contributed by atoms with E-state index in [2.05, 4.69) is 5.32 Å². The van der Waals surface area contributed by atoms with Gasteiger partial charge in [0.2, 0.25) is 0 Å². The number of hydrogen-bond acceptors (Lipinski definition) is 3. The van der Waals surface area contributed by atoms with Crippen LogP contribution in [0.3, 0.4) is 0 Å². The Morgan fingerprint density at radius 2 is 1.55 bits per heavy atom. The molecule has 0 amide bonds. The monoisotopic (exact) mass is 313 g/mol. The molecule has 0 saturated carbocycles. The minimum Gasteiger partial charge on any atom is -0.356 e. The van der Waals surface area contributed by atoms with Gasteiger partial charge < -0.3 is 5.32 Å². The molecule has 0 atom stereocenters. The predicted molar refractivity (Wildman–Crippen MR) is 88.2 cm³/mol. The summed E-state index contributed by atoms with van der Waals surface area (Å²) in [4.78, 5) is -0.0978. The average molecular weight is 313 g/mol. The van der Waals surface area contributed by atoms with E-state index in [9.17, 15) is 8.42 Å². The predicted octanol–water partition coefficient (Wildman–Crippen LogP) is 4.14. The van der Waals surface area contributed by atoms with Gasteiger partial charge in [0, 0.05) is 11.4 Å². The summed E-state index contributed by atoms with van der Waals surface area (Å²) in [5, 5.41) is 4.96. The molecule has 0 aliphatic heterocycles. The van der Waals surface area contributed by atoms with Crippen LogP contribution in [0.25, 0.3) is 10.8 Å².